The molecule has 0 spiro atoms. The van der Waals surface area contributed by atoms with E-state index in [0.29, 0.717) is 0 Å². The van der Waals surface area contributed by atoms with Gasteiger partial charge in [0.1, 0.15) is 17.5 Å². The fraction of sp³-hybridized carbons (Fsp3) is 0.381. The molecule has 2 heterocycles. The molecule has 0 saturated carbocycles. The standard InChI is InChI=1S/C21H25N3O4/c1-11-8-12(2)20(27)15(9-11)17-16-18(23-22-17)21(28)24(6-7-25)19(16)13-4-3-5-14(26)10-13/h3-5,8-10,16-19,22-23,25-27H,6-7H2,1-2H3. The lowest BCUT2D eigenvalue weighted by molar-refractivity contribution is -0.131. The zero-order chi connectivity index (χ0) is 20.0. The number of rotatable bonds is 4. The summed E-state index contributed by atoms with van der Waals surface area (Å²) in [4.78, 5) is 14.7. The number of aryl methyl sites for hydroxylation is 2. The number of hydrazine groups is 1. The number of aromatic hydroxyl groups is 2. The number of aliphatic hydroxyl groups is 1. The molecule has 0 aromatic heterocycles. The fourth-order valence-corrected chi connectivity index (χ4v) is 4.66. The number of β-amino-alcohol motifs (C(OH)–C–C–N with tert-alkyl or cyclic N) is 1. The number of hydrogen-bond donors (Lipinski definition) is 5. The van der Waals surface area contributed by atoms with Gasteiger partial charge in [0.25, 0.3) is 0 Å². The van der Waals surface area contributed by atoms with E-state index < -0.39 is 6.04 Å². The highest BCUT2D eigenvalue weighted by atomic mass is 16.3. The van der Waals surface area contributed by atoms with Gasteiger partial charge in [-0.25, -0.2) is 10.9 Å². The van der Waals surface area contributed by atoms with Crippen LogP contribution in [0.1, 0.15) is 34.3 Å². The Morgan fingerprint density at radius 3 is 2.54 bits per heavy atom. The lowest BCUT2D eigenvalue weighted by atomic mass is 9.82. The van der Waals surface area contributed by atoms with E-state index in [1.807, 2.05) is 32.0 Å². The summed E-state index contributed by atoms with van der Waals surface area (Å²) in [6, 6.07) is 9.59. The van der Waals surface area contributed by atoms with Crippen LogP contribution in [0.4, 0.5) is 0 Å². The Balaban J connectivity index is 1.82. The van der Waals surface area contributed by atoms with E-state index >= 15 is 0 Å². The number of likely N-dealkylation sites (tertiary alicyclic amines) is 1. The number of nitrogens with one attached hydrogen (secondary N) is 2. The molecule has 2 aromatic carbocycles. The van der Waals surface area contributed by atoms with Crippen molar-refractivity contribution in [3.05, 3.63) is 58.7 Å². The number of carbonyl (C=O) groups is 1. The topological polar surface area (TPSA) is 105 Å². The molecule has 4 atom stereocenters. The predicted molar refractivity (Wildman–Crippen MR) is 104 cm³/mol. The summed E-state index contributed by atoms with van der Waals surface area (Å²) in [6.45, 7) is 3.89. The van der Waals surface area contributed by atoms with Crippen LogP contribution in [-0.4, -0.2) is 45.3 Å². The third kappa shape index (κ3) is 2.92. The SMILES string of the molecule is Cc1cc(C)c(O)c(C2NNC3C(=O)N(CCO)C(c4cccc(O)c4)C32)c1. The second-order valence-electron chi connectivity index (χ2n) is 7.64. The summed E-state index contributed by atoms with van der Waals surface area (Å²) in [5.74, 6) is 0.0227. The van der Waals surface area contributed by atoms with Gasteiger partial charge in [0.2, 0.25) is 5.91 Å². The molecule has 2 saturated heterocycles. The van der Waals surface area contributed by atoms with E-state index in [1.165, 1.54) is 0 Å². The highest BCUT2D eigenvalue weighted by Gasteiger charge is 2.55. The quantitative estimate of drug-likeness (QED) is 0.547. The Bertz CT molecular complexity index is 917. The monoisotopic (exact) mass is 383 g/mol. The molecule has 148 valence electrons. The minimum Gasteiger partial charge on any atom is -0.508 e. The molecule has 5 N–H and O–H groups in total. The summed E-state index contributed by atoms with van der Waals surface area (Å²) in [7, 11) is 0. The smallest absolute Gasteiger partial charge is 0.242 e. The maximum Gasteiger partial charge on any atom is 0.242 e. The highest BCUT2D eigenvalue weighted by Crippen LogP contribution is 2.49. The maximum atomic E-state index is 13.0. The van der Waals surface area contributed by atoms with Crippen molar-refractivity contribution in [2.45, 2.75) is 32.0 Å². The van der Waals surface area contributed by atoms with Crippen molar-refractivity contribution in [3.8, 4) is 11.5 Å². The van der Waals surface area contributed by atoms with Gasteiger partial charge in [0.15, 0.2) is 0 Å². The predicted octanol–water partition coefficient (Wildman–Crippen LogP) is 1.42. The van der Waals surface area contributed by atoms with Crippen molar-refractivity contribution in [1.82, 2.24) is 15.8 Å². The Kier molecular flexibility index (Phi) is 4.74. The molecule has 1 amide bonds. The molecule has 7 heteroatoms. The van der Waals surface area contributed by atoms with Crippen LogP contribution in [0.5, 0.6) is 11.5 Å². The van der Waals surface area contributed by atoms with Gasteiger partial charge < -0.3 is 20.2 Å². The van der Waals surface area contributed by atoms with E-state index in [9.17, 15) is 20.1 Å². The molecule has 2 aromatic rings. The molecule has 2 aliphatic heterocycles. The minimum atomic E-state index is -0.482. The van der Waals surface area contributed by atoms with E-state index in [-0.39, 0.29) is 48.6 Å². The summed E-state index contributed by atoms with van der Waals surface area (Å²) in [6.07, 6.45) is 0. The van der Waals surface area contributed by atoms with Crippen LogP contribution >= 0.6 is 0 Å². The molecule has 28 heavy (non-hydrogen) atoms. The average molecular weight is 383 g/mol. The molecule has 0 bridgehead atoms. The van der Waals surface area contributed by atoms with Gasteiger partial charge >= 0.3 is 0 Å². The van der Waals surface area contributed by atoms with Crippen molar-refractivity contribution >= 4 is 5.91 Å². The van der Waals surface area contributed by atoms with E-state index in [0.717, 1.165) is 22.3 Å². The van der Waals surface area contributed by atoms with Gasteiger partial charge in [-0.3, -0.25) is 4.79 Å². The third-order valence-electron chi connectivity index (χ3n) is 5.78. The number of benzene rings is 2. The molecule has 4 unspecified atom stereocenters. The molecule has 0 radical (unpaired) electrons. The van der Waals surface area contributed by atoms with Gasteiger partial charge in [0, 0.05) is 18.0 Å². The van der Waals surface area contributed by atoms with E-state index in [2.05, 4.69) is 10.9 Å². The Hall–Kier alpha value is -2.61. The number of fused-ring (bicyclic) bond motifs is 1. The Morgan fingerprint density at radius 2 is 1.82 bits per heavy atom. The van der Waals surface area contributed by atoms with E-state index in [1.54, 1.807) is 23.1 Å². The van der Waals surface area contributed by atoms with Crippen molar-refractivity contribution in [3.63, 3.8) is 0 Å². The van der Waals surface area contributed by atoms with Crippen LogP contribution in [0.2, 0.25) is 0 Å². The third-order valence-corrected chi connectivity index (χ3v) is 5.78. The number of phenols is 2. The average Bonchev–Trinajstić information content (AvgIpc) is 3.18. The number of phenolic OH excluding ortho intramolecular Hbond substituents is 2. The fourth-order valence-electron chi connectivity index (χ4n) is 4.66. The summed E-state index contributed by atoms with van der Waals surface area (Å²) in [5, 5.41) is 30.2. The second kappa shape index (κ2) is 7.09. The van der Waals surface area contributed by atoms with Gasteiger partial charge in [-0.05, 0) is 37.1 Å². The van der Waals surface area contributed by atoms with Gasteiger partial charge in [0.05, 0.1) is 18.7 Å². The number of hydrogen-bond acceptors (Lipinski definition) is 6. The zero-order valence-electron chi connectivity index (χ0n) is 15.9. The highest BCUT2D eigenvalue weighted by molar-refractivity contribution is 5.86. The lowest BCUT2D eigenvalue weighted by Gasteiger charge is -2.31. The van der Waals surface area contributed by atoms with Crippen LogP contribution in [0, 0.1) is 19.8 Å². The second-order valence-corrected chi connectivity index (χ2v) is 7.64. The first-order valence-corrected chi connectivity index (χ1v) is 9.44. The minimum absolute atomic E-state index is 0.105. The Labute approximate surface area is 163 Å². The van der Waals surface area contributed by atoms with Gasteiger partial charge in [-0.2, -0.15) is 0 Å². The van der Waals surface area contributed by atoms with E-state index in [4.69, 9.17) is 0 Å². The van der Waals surface area contributed by atoms with Crippen molar-refractivity contribution in [1.29, 1.82) is 0 Å². The largest absolute Gasteiger partial charge is 0.508 e. The lowest BCUT2D eigenvalue weighted by Crippen LogP contribution is -2.42. The normalized spacial score (nSPS) is 26.7. The summed E-state index contributed by atoms with van der Waals surface area (Å²) in [5.41, 5.74) is 9.63. The molecule has 0 aliphatic carbocycles. The van der Waals surface area contributed by atoms with Crippen molar-refractivity contribution in [2.75, 3.05) is 13.2 Å². The molecule has 4 rings (SSSR count). The molecule has 2 aliphatic rings. The van der Waals surface area contributed by atoms with Crippen molar-refractivity contribution < 1.29 is 20.1 Å². The molecule has 7 nitrogen and oxygen atoms in total. The van der Waals surface area contributed by atoms with Gasteiger partial charge in [-0.1, -0.05) is 29.8 Å². The first-order valence-electron chi connectivity index (χ1n) is 9.44. The Morgan fingerprint density at radius 1 is 1.07 bits per heavy atom. The number of aliphatic hydroxyl groups excluding tert-OH is 1. The molecular weight excluding hydrogens is 358 g/mol. The van der Waals surface area contributed by atoms with Crippen LogP contribution in [0.15, 0.2) is 36.4 Å². The summed E-state index contributed by atoms with van der Waals surface area (Å²) >= 11 is 0. The van der Waals surface area contributed by atoms with Crippen LogP contribution in [-0.2, 0) is 4.79 Å². The molecular formula is C21H25N3O4. The first kappa shape index (κ1) is 18.7. The number of carbonyl (C=O) groups excluding carboxylic acids is 1. The number of nitrogens with zero attached hydrogens (tertiary/aromatic N) is 1. The van der Waals surface area contributed by atoms with Crippen LogP contribution < -0.4 is 10.9 Å². The van der Waals surface area contributed by atoms with Crippen molar-refractivity contribution in [2.24, 2.45) is 5.92 Å². The first-order chi connectivity index (χ1) is 13.4. The number of amides is 1. The maximum absolute atomic E-state index is 13.0. The van der Waals surface area contributed by atoms with Crippen LogP contribution in [0.3, 0.4) is 0 Å². The van der Waals surface area contributed by atoms with Crippen LogP contribution in [0.25, 0.3) is 0 Å². The van der Waals surface area contributed by atoms with Gasteiger partial charge in [-0.15, -0.1) is 0 Å². The molecule has 2 fully saturated rings. The summed E-state index contributed by atoms with van der Waals surface area (Å²) < 4.78 is 0. The zero-order valence-corrected chi connectivity index (χ0v) is 15.9.